The van der Waals surface area contributed by atoms with Crippen molar-refractivity contribution in [3.8, 4) is 0 Å². The van der Waals surface area contributed by atoms with E-state index in [4.69, 9.17) is 9.52 Å². The molecule has 2 aromatic rings. The van der Waals surface area contributed by atoms with Crippen LogP contribution in [0, 0.1) is 0 Å². The first-order valence-corrected chi connectivity index (χ1v) is 5.34. The quantitative estimate of drug-likeness (QED) is 0.804. The van der Waals surface area contributed by atoms with Crippen molar-refractivity contribution < 1.29 is 9.52 Å². The first-order chi connectivity index (χ1) is 7.92. The molecule has 0 bridgehead atoms. The van der Waals surface area contributed by atoms with Crippen molar-refractivity contribution in [1.82, 2.24) is 5.32 Å². The Kier molecular flexibility index (Phi) is 3.75. The minimum atomic E-state index is 0.00310. The van der Waals surface area contributed by atoms with Crippen LogP contribution in [0.3, 0.4) is 0 Å². The molecule has 0 radical (unpaired) electrons. The van der Waals surface area contributed by atoms with Gasteiger partial charge in [0.1, 0.15) is 5.76 Å². The predicted octanol–water partition coefficient (Wildman–Crippen LogP) is 1.95. The molecule has 2 rings (SSSR count). The molecule has 3 heteroatoms. The van der Waals surface area contributed by atoms with Crippen LogP contribution in [0.5, 0.6) is 0 Å². The Bertz CT molecular complexity index is 397. The second-order valence-electron chi connectivity index (χ2n) is 3.54. The van der Waals surface area contributed by atoms with Crippen LogP contribution in [-0.2, 0) is 0 Å². The Morgan fingerprint density at radius 2 is 1.94 bits per heavy atom. The van der Waals surface area contributed by atoms with Gasteiger partial charge >= 0.3 is 0 Å². The zero-order valence-electron chi connectivity index (χ0n) is 8.97. The van der Waals surface area contributed by atoms with Gasteiger partial charge in [0.25, 0.3) is 0 Å². The Hall–Kier alpha value is -1.58. The maximum atomic E-state index is 8.87. The summed E-state index contributed by atoms with van der Waals surface area (Å²) in [7, 11) is 0. The van der Waals surface area contributed by atoms with E-state index in [0.29, 0.717) is 6.54 Å². The van der Waals surface area contributed by atoms with Gasteiger partial charge in [0.05, 0.1) is 18.9 Å². The van der Waals surface area contributed by atoms with Crippen LogP contribution in [0.15, 0.2) is 53.1 Å². The Morgan fingerprint density at radius 3 is 2.56 bits per heavy atom. The highest BCUT2D eigenvalue weighted by atomic mass is 16.3. The van der Waals surface area contributed by atoms with Gasteiger partial charge in [-0.1, -0.05) is 30.3 Å². The number of aliphatic hydroxyl groups is 1. The van der Waals surface area contributed by atoms with Crippen molar-refractivity contribution in [2.45, 2.75) is 6.04 Å². The first kappa shape index (κ1) is 10.9. The number of hydrogen-bond acceptors (Lipinski definition) is 3. The lowest BCUT2D eigenvalue weighted by atomic mass is 10.0. The molecule has 1 heterocycles. The van der Waals surface area contributed by atoms with E-state index in [9.17, 15) is 0 Å². The topological polar surface area (TPSA) is 45.4 Å². The van der Waals surface area contributed by atoms with Gasteiger partial charge in [-0.15, -0.1) is 0 Å². The molecule has 0 amide bonds. The fourth-order valence-corrected chi connectivity index (χ4v) is 1.69. The molecule has 0 aliphatic rings. The van der Waals surface area contributed by atoms with Gasteiger partial charge < -0.3 is 14.8 Å². The average Bonchev–Trinajstić information content (AvgIpc) is 2.85. The van der Waals surface area contributed by atoms with Gasteiger partial charge in [-0.25, -0.2) is 0 Å². The number of furan rings is 1. The van der Waals surface area contributed by atoms with Crippen molar-refractivity contribution in [2.75, 3.05) is 13.2 Å². The largest absolute Gasteiger partial charge is 0.467 e. The van der Waals surface area contributed by atoms with E-state index in [1.807, 2.05) is 42.5 Å². The summed E-state index contributed by atoms with van der Waals surface area (Å²) in [5.74, 6) is 0.861. The van der Waals surface area contributed by atoms with Crippen LogP contribution in [-0.4, -0.2) is 18.3 Å². The molecule has 16 heavy (non-hydrogen) atoms. The highest BCUT2D eigenvalue weighted by molar-refractivity contribution is 5.26. The summed E-state index contributed by atoms with van der Waals surface area (Å²) in [5.41, 5.74) is 1.13. The number of rotatable bonds is 5. The Morgan fingerprint density at radius 1 is 1.12 bits per heavy atom. The molecule has 1 aromatic heterocycles. The van der Waals surface area contributed by atoms with Crippen molar-refractivity contribution in [3.05, 3.63) is 60.1 Å². The molecule has 0 aliphatic heterocycles. The molecule has 1 aromatic carbocycles. The molecular weight excluding hydrogens is 202 g/mol. The molecule has 0 aliphatic carbocycles. The fourth-order valence-electron chi connectivity index (χ4n) is 1.69. The van der Waals surface area contributed by atoms with E-state index < -0.39 is 0 Å². The van der Waals surface area contributed by atoms with Crippen molar-refractivity contribution in [1.29, 1.82) is 0 Å². The number of benzene rings is 1. The molecular formula is C13H15NO2. The standard InChI is InChI=1S/C13H15NO2/c15-9-8-14-13(12-7-4-10-16-12)11-5-2-1-3-6-11/h1-7,10,13-15H,8-9H2. The lowest BCUT2D eigenvalue weighted by molar-refractivity contribution is 0.284. The smallest absolute Gasteiger partial charge is 0.125 e. The predicted molar refractivity (Wildman–Crippen MR) is 62.1 cm³/mol. The van der Waals surface area contributed by atoms with E-state index in [0.717, 1.165) is 11.3 Å². The first-order valence-electron chi connectivity index (χ1n) is 5.34. The fraction of sp³-hybridized carbons (Fsp3) is 0.231. The van der Waals surface area contributed by atoms with E-state index in [1.54, 1.807) is 6.26 Å². The third kappa shape index (κ3) is 2.51. The van der Waals surface area contributed by atoms with Crippen LogP contribution in [0.2, 0.25) is 0 Å². The second-order valence-corrected chi connectivity index (χ2v) is 3.54. The summed E-state index contributed by atoms with van der Waals surface area (Å²) >= 11 is 0. The number of hydrogen-bond donors (Lipinski definition) is 2. The normalized spacial score (nSPS) is 12.6. The minimum Gasteiger partial charge on any atom is -0.467 e. The molecule has 2 N–H and O–H groups in total. The van der Waals surface area contributed by atoms with E-state index >= 15 is 0 Å². The monoisotopic (exact) mass is 217 g/mol. The highest BCUT2D eigenvalue weighted by Crippen LogP contribution is 2.21. The summed E-state index contributed by atoms with van der Waals surface area (Å²) in [6.45, 7) is 0.657. The van der Waals surface area contributed by atoms with Gasteiger partial charge in [0.15, 0.2) is 0 Å². The molecule has 1 unspecified atom stereocenters. The molecule has 84 valence electrons. The van der Waals surface area contributed by atoms with Gasteiger partial charge in [0.2, 0.25) is 0 Å². The molecule has 0 fully saturated rings. The minimum absolute atomic E-state index is 0.00310. The molecule has 0 spiro atoms. The van der Waals surface area contributed by atoms with E-state index in [-0.39, 0.29) is 12.6 Å². The van der Waals surface area contributed by atoms with Gasteiger partial charge in [-0.2, -0.15) is 0 Å². The highest BCUT2D eigenvalue weighted by Gasteiger charge is 2.15. The maximum absolute atomic E-state index is 8.87. The molecule has 1 atom stereocenters. The van der Waals surface area contributed by atoms with Crippen molar-refractivity contribution in [2.24, 2.45) is 0 Å². The summed E-state index contributed by atoms with van der Waals surface area (Å²) < 4.78 is 5.40. The van der Waals surface area contributed by atoms with Crippen molar-refractivity contribution in [3.63, 3.8) is 0 Å². The summed E-state index contributed by atoms with van der Waals surface area (Å²) in [5, 5.41) is 12.1. The third-order valence-corrected chi connectivity index (χ3v) is 2.42. The summed E-state index contributed by atoms with van der Waals surface area (Å²) in [4.78, 5) is 0. The van der Waals surface area contributed by atoms with Crippen LogP contribution < -0.4 is 5.32 Å². The van der Waals surface area contributed by atoms with E-state index in [2.05, 4.69) is 5.32 Å². The maximum Gasteiger partial charge on any atom is 0.125 e. The Balaban J connectivity index is 2.21. The Labute approximate surface area is 94.7 Å². The lowest BCUT2D eigenvalue weighted by Crippen LogP contribution is -2.25. The van der Waals surface area contributed by atoms with Gasteiger partial charge in [-0.3, -0.25) is 0 Å². The number of aliphatic hydroxyl groups excluding tert-OH is 1. The van der Waals surface area contributed by atoms with Crippen LogP contribution in [0.25, 0.3) is 0 Å². The molecule has 0 saturated carbocycles. The molecule has 0 saturated heterocycles. The van der Waals surface area contributed by atoms with Gasteiger partial charge in [0, 0.05) is 6.54 Å². The van der Waals surface area contributed by atoms with Crippen LogP contribution >= 0.6 is 0 Å². The summed E-state index contributed by atoms with van der Waals surface area (Å²) in [6.07, 6.45) is 1.66. The SMILES string of the molecule is OCCNC(c1ccccc1)c1ccco1. The average molecular weight is 217 g/mol. The van der Waals surface area contributed by atoms with E-state index in [1.165, 1.54) is 0 Å². The van der Waals surface area contributed by atoms with Crippen molar-refractivity contribution >= 4 is 0 Å². The number of nitrogens with one attached hydrogen (secondary N) is 1. The second kappa shape index (κ2) is 5.49. The van der Waals surface area contributed by atoms with Crippen LogP contribution in [0.4, 0.5) is 0 Å². The third-order valence-electron chi connectivity index (χ3n) is 2.42. The molecule has 3 nitrogen and oxygen atoms in total. The van der Waals surface area contributed by atoms with Gasteiger partial charge in [-0.05, 0) is 17.7 Å². The lowest BCUT2D eigenvalue weighted by Gasteiger charge is -2.16. The zero-order valence-corrected chi connectivity index (χ0v) is 8.97. The summed E-state index contributed by atoms with van der Waals surface area (Å²) in [6, 6.07) is 13.8. The van der Waals surface area contributed by atoms with Crippen LogP contribution in [0.1, 0.15) is 17.4 Å². The zero-order chi connectivity index (χ0) is 11.2.